The molecule has 0 unspecified atom stereocenters. The van der Waals surface area contributed by atoms with E-state index in [4.69, 9.17) is 23.2 Å². The molecule has 0 N–H and O–H groups in total. The minimum Gasteiger partial charge on any atom is -0.293 e. The second-order valence-electron chi connectivity index (χ2n) is 5.64. The highest BCUT2D eigenvalue weighted by molar-refractivity contribution is 6.42. The van der Waals surface area contributed by atoms with Gasteiger partial charge in [0.15, 0.2) is 5.78 Å². The van der Waals surface area contributed by atoms with Gasteiger partial charge in [0.05, 0.1) is 15.7 Å². The summed E-state index contributed by atoms with van der Waals surface area (Å²) in [6, 6.07) is 9.10. The maximum absolute atomic E-state index is 12.6. The van der Waals surface area contributed by atoms with E-state index < -0.39 is 5.41 Å². The number of rotatable bonds is 1. The zero-order chi connectivity index (χ0) is 15.2. The van der Waals surface area contributed by atoms with Gasteiger partial charge in [-0.25, -0.2) is 0 Å². The summed E-state index contributed by atoms with van der Waals surface area (Å²) in [5.41, 5.74) is 2.51. The Bertz CT molecular complexity index is 764. The van der Waals surface area contributed by atoms with Gasteiger partial charge in [-0.2, -0.15) is 0 Å². The Morgan fingerprint density at radius 2 is 1.71 bits per heavy atom. The Balaban J connectivity index is 2.31. The lowest BCUT2D eigenvalue weighted by Crippen LogP contribution is -2.27. The topological polar surface area (TPSA) is 30.0 Å². The Morgan fingerprint density at radius 1 is 1.05 bits per heavy atom. The first-order chi connectivity index (χ1) is 9.90. The van der Waals surface area contributed by atoms with Crippen LogP contribution in [0.25, 0.3) is 5.57 Å². The first-order valence-corrected chi connectivity index (χ1v) is 7.34. The predicted octanol–water partition coefficient (Wildman–Crippen LogP) is 5.04. The molecule has 0 fully saturated rings. The zero-order valence-electron chi connectivity index (χ0n) is 11.7. The summed E-state index contributed by atoms with van der Waals surface area (Å²) in [4.78, 5) is 17.0. The van der Waals surface area contributed by atoms with Gasteiger partial charge in [-0.05, 0) is 43.7 Å². The van der Waals surface area contributed by atoms with Crippen molar-refractivity contribution >= 4 is 34.6 Å². The molecule has 0 spiro atoms. The van der Waals surface area contributed by atoms with E-state index in [1.165, 1.54) is 0 Å². The Hall–Kier alpha value is -1.64. The molecular formula is C17H13Cl2NO. The van der Waals surface area contributed by atoms with E-state index in [9.17, 15) is 4.79 Å². The van der Waals surface area contributed by atoms with Crippen molar-refractivity contribution in [3.8, 4) is 0 Å². The van der Waals surface area contributed by atoms with Crippen LogP contribution in [-0.4, -0.2) is 10.8 Å². The van der Waals surface area contributed by atoms with E-state index in [-0.39, 0.29) is 5.78 Å². The van der Waals surface area contributed by atoms with Gasteiger partial charge in [0.2, 0.25) is 0 Å². The van der Waals surface area contributed by atoms with Gasteiger partial charge in [-0.15, -0.1) is 0 Å². The number of carbonyl (C=O) groups excluding carboxylic acids is 1. The van der Waals surface area contributed by atoms with Crippen molar-refractivity contribution < 1.29 is 4.79 Å². The number of hydrogen-bond acceptors (Lipinski definition) is 2. The average Bonchev–Trinajstić information content (AvgIpc) is 2.46. The third-order valence-corrected chi connectivity index (χ3v) is 4.35. The van der Waals surface area contributed by atoms with Crippen LogP contribution in [0.3, 0.4) is 0 Å². The molecule has 3 rings (SSSR count). The molecule has 0 saturated carbocycles. The quantitative estimate of drug-likeness (QED) is 0.737. The van der Waals surface area contributed by atoms with Crippen LogP contribution in [0.15, 0.2) is 42.6 Å². The summed E-state index contributed by atoms with van der Waals surface area (Å²) in [7, 11) is 0. The molecule has 0 saturated heterocycles. The van der Waals surface area contributed by atoms with Crippen LogP contribution < -0.4 is 0 Å². The molecule has 1 aromatic heterocycles. The van der Waals surface area contributed by atoms with Crippen molar-refractivity contribution in [3.05, 3.63) is 69.5 Å². The fraction of sp³-hybridized carbons (Fsp3) is 0.176. The average molecular weight is 318 g/mol. The van der Waals surface area contributed by atoms with Gasteiger partial charge in [0.1, 0.15) is 0 Å². The standard InChI is InChI=1S/C17H13Cl2NO/c1-17(2)9-12(15-5-3-4-6-20-15)10-7-13(18)14(19)8-11(10)16(17)21/h3-9H,1-2H3. The van der Waals surface area contributed by atoms with E-state index in [1.807, 2.05) is 38.1 Å². The SMILES string of the molecule is CC1(C)C=C(c2ccccn2)c2cc(Cl)c(Cl)cc2C1=O. The molecule has 0 radical (unpaired) electrons. The minimum absolute atomic E-state index is 0.0377. The van der Waals surface area contributed by atoms with Crippen LogP contribution in [0.2, 0.25) is 10.0 Å². The number of carbonyl (C=O) groups is 1. The van der Waals surface area contributed by atoms with Crippen molar-refractivity contribution in [2.45, 2.75) is 13.8 Å². The van der Waals surface area contributed by atoms with E-state index in [0.717, 1.165) is 16.8 Å². The number of pyridine rings is 1. The maximum Gasteiger partial charge on any atom is 0.172 e. The summed E-state index contributed by atoms with van der Waals surface area (Å²) in [5, 5.41) is 0.826. The number of Topliss-reactive ketones (excluding diaryl/α,β-unsaturated/α-hetero) is 1. The highest BCUT2D eigenvalue weighted by Crippen LogP contribution is 2.41. The summed E-state index contributed by atoms with van der Waals surface area (Å²) in [6.07, 6.45) is 3.68. The van der Waals surface area contributed by atoms with Gasteiger partial charge < -0.3 is 0 Å². The number of hydrogen-bond donors (Lipinski definition) is 0. The van der Waals surface area contributed by atoms with Crippen molar-refractivity contribution in [2.24, 2.45) is 5.41 Å². The summed E-state index contributed by atoms with van der Waals surface area (Å²) >= 11 is 12.2. The highest BCUT2D eigenvalue weighted by Gasteiger charge is 2.35. The molecule has 21 heavy (non-hydrogen) atoms. The van der Waals surface area contributed by atoms with Crippen LogP contribution >= 0.6 is 23.2 Å². The van der Waals surface area contributed by atoms with Crippen molar-refractivity contribution in [1.82, 2.24) is 4.98 Å². The first-order valence-electron chi connectivity index (χ1n) is 6.58. The second-order valence-corrected chi connectivity index (χ2v) is 6.45. The number of ketones is 1. The number of allylic oxidation sites excluding steroid dienone is 1. The fourth-order valence-corrected chi connectivity index (χ4v) is 2.87. The van der Waals surface area contributed by atoms with Crippen LogP contribution in [0.4, 0.5) is 0 Å². The summed E-state index contributed by atoms with van der Waals surface area (Å²) < 4.78 is 0. The van der Waals surface area contributed by atoms with Crippen LogP contribution in [0.1, 0.15) is 35.5 Å². The molecule has 2 nitrogen and oxygen atoms in total. The molecule has 1 aliphatic rings. The normalized spacial score (nSPS) is 16.4. The Labute approximate surface area is 133 Å². The van der Waals surface area contributed by atoms with Gasteiger partial charge in [0, 0.05) is 22.7 Å². The Morgan fingerprint density at radius 3 is 2.33 bits per heavy atom. The minimum atomic E-state index is -0.600. The molecule has 1 aromatic carbocycles. The highest BCUT2D eigenvalue weighted by atomic mass is 35.5. The predicted molar refractivity (Wildman–Crippen MR) is 85.9 cm³/mol. The molecule has 1 heterocycles. The van der Waals surface area contributed by atoms with Crippen molar-refractivity contribution in [3.63, 3.8) is 0 Å². The molecule has 4 heteroatoms. The molecule has 0 atom stereocenters. The maximum atomic E-state index is 12.6. The number of nitrogens with zero attached hydrogens (tertiary/aromatic N) is 1. The molecular weight excluding hydrogens is 305 g/mol. The fourth-order valence-electron chi connectivity index (χ4n) is 2.54. The second kappa shape index (κ2) is 4.97. The number of benzene rings is 1. The van der Waals surface area contributed by atoms with E-state index in [1.54, 1.807) is 18.3 Å². The van der Waals surface area contributed by atoms with Gasteiger partial charge in [-0.1, -0.05) is 35.3 Å². The zero-order valence-corrected chi connectivity index (χ0v) is 13.2. The smallest absolute Gasteiger partial charge is 0.172 e. The van der Waals surface area contributed by atoms with Crippen molar-refractivity contribution in [1.29, 1.82) is 0 Å². The molecule has 0 amide bonds. The molecule has 1 aliphatic carbocycles. The van der Waals surface area contributed by atoms with Crippen LogP contribution in [0, 0.1) is 5.41 Å². The number of halogens is 2. The lowest BCUT2D eigenvalue weighted by atomic mass is 9.74. The van der Waals surface area contributed by atoms with E-state index in [0.29, 0.717) is 15.6 Å². The molecule has 2 aromatic rings. The van der Waals surface area contributed by atoms with Crippen molar-refractivity contribution in [2.75, 3.05) is 0 Å². The molecule has 106 valence electrons. The first kappa shape index (κ1) is 14.3. The van der Waals surface area contributed by atoms with E-state index >= 15 is 0 Å². The lowest BCUT2D eigenvalue weighted by Gasteiger charge is -2.28. The summed E-state index contributed by atoms with van der Waals surface area (Å²) in [5.74, 6) is 0.0377. The Kier molecular flexibility index (Phi) is 3.39. The number of fused-ring (bicyclic) bond motifs is 1. The molecule has 0 bridgehead atoms. The largest absolute Gasteiger partial charge is 0.293 e. The van der Waals surface area contributed by atoms with E-state index in [2.05, 4.69) is 4.98 Å². The van der Waals surface area contributed by atoms with Gasteiger partial charge in [0.25, 0.3) is 0 Å². The van der Waals surface area contributed by atoms with Gasteiger partial charge in [-0.3, -0.25) is 9.78 Å². The molecule has 0 aliphatic heterocycles. The third kappa shape index (κ3) is 2.39. The monoisotopic (exact) mass is 317 g/mol. The van der Waals surface area contributed by atoms with Gasteiger partial charge >= 0.3 is 0 Å². The lowest BCUT2D eigenvalue weighted by molar-refractivity contribution is 0.0883. The van der Waals surface area contributed by atoms with Crippen LogP contribution in [0.5, 0.6) is 0 Å². The van der Waals surface area contributed by atoms with Crippen LogP contribution in [-0.2, 0) is 0 Å². The number of aromatic nitrogens is 1. The third-order valence-electron chi connectivity index (χ3n) is 3.63. The summed E-state index contributed by atoms with van der Waals surface area (Å²) in [6.45, 7) is 3.79.